The number of aromatic nitrogens is 3. The number of unbranched alkanes of at least 4 members (excludes halogenated alkanes) is 1. The van der Waals surface area contributed by atoms with Crippen LogP contribution in [0.4, 0.5) is 28.6 Å². The van der Waals surface area contributed by atoms with Crippen molar-refractivity contribution in [3.63, 3.8) is 0 Å². The van der Waals surface area contributed by atoms with Crippen LogP contribution >= 0.6 is 23.6 Å². The Bertz CT molecular complexity index is 2500. The summed E-state index contributed by atoms with van der Waals surface area (Å²) in [6.07, 6.45) is 1.73. The number of hydrogen-bond donors (Lipinski definition) is 2. The van der Waals surface area contributed by atoms with Crippen molar-refractivity contribution in [3.05, 3.63) is 70.6 Å². The Hall–Kier alpha value is -2.03. The first-order valence-electron chi connectivity index (χ1n) is 16.9. The summed E-state index contributed by atoms with van der Waals surface area (Å²) in [4.78, 5) is 30.9. The number of carbonyl (C=O) groups is 2. The van der Waals surface area contributed by atoms with Gasteiger partial charge in [0.15, 0.2) is 5.82 Å². The average molecular weight is 946 g/mol. The molecule has 0 unspecified atom stereocenters. The van der Waals surface area contributed by atoms with E-state index >= 15 is 0 Å². The average Bonchev–Trinajstić information content (AvgIpc) is 3.52. The number of benzene rings is 2. The molecule has 0 fully saturated rings. The molecule has 0 spiro atoms. The number of halogens is 1. The normalized spacial score (nSPS) is 11.5. The monoisotopic (exact) mass is 945 g/mol. The van der Waals surface area contributed by atoms with E-state index in [4.69, 9.17) is 11.6 Å². The minimum absolute atomic E-state index is 0. The molecule has 0 aliphatic rings. The van der Waals surface area contributed by atoms with E-state index in [0.29, 0.717) is 25.2 Å². The summed E-state index contributed by atoms with van der Waals surface area (Å²) in [5, 5.41) is 42.7. The number of nitriles is 1. The fraction of sp³-hybridized carbons (Fsp3) is 0.324. The SMILES string of the molecule is CCN(CCCCS(=O)(=O)[O-])c1ccc(N=Nc2c(C#N)c(C(C)(C)C)nn2-c2cc(Cl)ncc2NC(=O)c2cc(SOO[O-])cc(S(=O)(=O)[O-])c2)c(NC(C)=O)c1.[Na+].[Na+].[Na+]. The first kappa shape index (κ1) is 57.0. The molecule has 0 saturated carbocycles. The molecule has 0 aliphatic carbocycles. The van der Waals surface area contributed by atoms with Crippen LogP contribution in [0.25, 0.3) is 5.69 Å². The van der Waals surface area contributed by atoms with Crippen LogP contribution in [0.5, 0.6) is 0 Å². The predicted octanol–water partition coefficient (Wildman–Crippen LogP) is -3.99. The quantitative estimate of drug-likeness (QED) is 0.0149. The van der Waals surface area contributed by atoms with E-state index in [9.17, 15) is 46.0 Å². The van der Waals surface area contributed by atoms with Crippen molar-refractivity contribution in [2.75, 3.05) is 34.4 Å². The fourth-order valence-corrected chi connectivity index (χ4v) is 7.17. The van der Waals surface area contributed by atoms with E-state index in [1.54, 1.807) is 39.0 Å². The van der Waals surface area contributed by atoms with Gasteiger partial charge >= 0.3 is 88.7 Å². The Kier molecular flexibility index (Phi) is 23.2. The summed E-state index contributed by atoms with van der Waals surface area (Å²) in [7, 11) is -9.44. The van der Waals surface area contributed by atoms with Crippen molar-refractivity contribution in [2.45, 2.75) is 62.7 Å². The van der Waals surface area contributed by atoms with Gasteiger partial charge in [0.2, 0.25) is 5.91 Å². The molecule has 0 aliphatic heterocycles. The van der Waals surface area contributed by atoms with Gasteiger partial charge in [-0.05, 0) is 56.2 Å². The third kappa shape index (κ3) is 16.5. The number of carbonyl (C=O) groups excluding carboxylic acids is 2. The van der Waals surface area contributed by atoms with Crippen LogP contribution in [0.3, 0.4) is 0 Å². The largest absolute Gasteiger partial charge is 1.00 e. The van der Waals surface area contributed by atoms with Crippen molar-refractivity contribution in [3.8, 4) is 11.8 Å². The summed E-state index contributed by atoms with van der Waals surface area (Å²) in [5.74, 6) is -2.00. The molecule has 4 rings (SSSR count). The number of anilines is 3. The van der Waals surface area contributed by atoms with Crippen molar-refractivity contribution in [2.24, 2.45) is 10.2 Å². The third-order valence-corrected chi connectivity index (χ3v) is 10.3. The number of azo groups is 1. The first-order valence-corrected chi connectivity index (χ1v) is 21.0. The van der Waals surface area contributed by atoms with E-state index in [0.717, 1.165) is 24.4 Å². The Morgan fingerprint density at radius 2 is 1.70 bits per heavy atom. The van der Waals surface area contributed by atoms with Gasteiger partial charge in [0.05, 0.1) is 56.0 Å². The van der Waals surface area contributed by atoms with Crippen LogP contribution in [-0.4, -0.2) is 71.4 Å². The minimum Gasteiger partial charge on any atom is -0.748 e. The molecule has 2 N–H and O–H groups in total. The smallest absolute Gasteiger partial charge is 0.748 e. The number of pyridine rings is 1. The molecular formula is C34H35ClN9Na3O11S3. The molecule has 310 valence electrons. The van der Waals surface area contributed by atoms with Gasteiger partial charge in [-0.1, -0.05) is 32.4 Å². The van der Waals surface area contributed by atoms with Gasteiger partial charge in [-0.3, -0.25) is 14.6 Å². The second kappa shape index (κ2) is 24.9. The van der Waals surface area contributed by atoms with Crippen LogP contribution in [0.1, 0.15) is 69.1 Å². The molecule has 2 aromatic carbocycles. The summed E-state index contributed by atoms with van der Waals surface area (Å²) in [5.41, 5.74) is 0.164. The maximum atomic E-state index is 13.6. The third-order valence-electron chi connectivity index (χ3n) is 7.96. The second-order valence-corrected chi connectivity index (χ2v) is 17.4. The Morgan fingerprint density at radius 3 is 2.28 bits per heavy atom. The van der Waals surface area contributed by atoms with Crippen molar-refractivity contribution < 1.29 is 139 Å². The summed E-state index contributed by atoms with van der Waals surface area (Å²) in [6.45, 7) is 9.47. The van der Waals surface area contributed by atoms with E-state index in [1.165, 1.54) is 17.7 Å². The minimum atomic E-state index is -5.09. The second-order valence-electron chi connectivity index (χ2n) is 13.3. The number of amides is 2. The summed E-state index contributed by atoms with van der Waals surface area (Å²) in [6, 6.07) is 11.1. The summed E-state index contributed by atoms with van der Waals surface area (Å²) >= 11 is 6.56. The van der Waals surface area contributed by atoms with Crippen LogP contribution < -0.4 is 109 Å². The van der Waals surface area contributed by atoms with Crippen molar-refractivity contribution in [1.29, 1.82) is 5.26 Å². The predicted molar refractivity (Wildman–Crippen MR) is 207 cm³/mol. The fourth-order valence-electron chi connectivity index (χ4n) is 5.38. The first-order chi connectivity index (χ1) is 27.1. The molecule has 2 amide bonds. The molecule has 0 radical (unpaired) electrons. The van der Waals surface area contributed by atoms with E-state index in [-0.39, 0.29) is 163 Å². The molecule has 20 nitrogen and oxygen atoms in total. The molecular weight excluding hydrogens is 911 g/mol. The molecule has 0 atom stereocenters. The Morgan fingerprint density at radius 1 is 1.02 bits per heavy atom. The van der Waals surface area contributed by atoms with Gasteiger partial charge in [-0.25, -0.2) is 26.5 Å². The van der Waals surface area contributed by atoms with Crippen LogP contribution in [0.15, 0.2) is 68.7 Å². The topological polar surface area (TPSA) is 297 Å². The number of hydrogen-bond acceptors (Lipinski definition) is 18. The zero-order valence-electron chi connectivity index (χ0n) is 34.4. The maximum Gasteiger partial charge on any atom is 1.00 e. The van der Waals surface area contributed by atoms with Crippen molar-refractivity contribution >= 4 is 84.3 Å². The van der Waals surface area contributed by atoms with Gasteiger partial charge in [0.1, 0.15) is 32.6 Å². The molecule has 61 heavy (non-hydrogen) atoms. The van der Waals surface area contributed by atoms with Crippen LogP contribution in [0.2, 0.25) is 5.15 Å². The van der Waals surface area contributed by atoms with Crippen molar-refractivity contribution in [1.82, 2.24) is 14.8 Å². The van der Waals surface area contributed by atoms with Gasteiger partial charge < -0.3 is 29.9 Å². The maximum absolute atomic E-state index is 13.6. The Labute approximate surface area is 428 Å². The molecule has 2 aromatic heterocycles. The van der Waals surface area contributed by atoms with E-state index < -0.39 is 48.1 Å². The number of nitrogens with zero attached hydrogens (tertiary/aromatic N) is 7. The standard InChI is InChI=1S/C34H38ClN9O11S3.3Na/c1-6-43(11-7-8-12-57(48,49)50)22-9-10-26(27(15-22)38-20(2)45)40-41-32-25(18-36)31(34(3,4)5)42-44(32)29-17-30(35)37-19-28(29)39-33(46)21-13-23(56-55-54-47)16-24(14-21)58(51,52)53;;;/h9-10,13-17,19,47H,6-8,11-12H2,1-5H3,(H,38,45)(H,39,46)(H,48,49,50)(H,51,52,53);;;/q;3*+1/p-3. The van der Waals surface area contributed by atoms with Gasteiger partial charge in [0, 0.05) is 53.4 Å². The molecule has 4 aromatic rings. The number of nitrogens with one attached hydrogen (secondary N) is 2. The zero-order chi connectivity index (χ0) is 43.0. The summed E-state index contributed by atoms with van der Waals surface area (Å²) < 4.78 is 74.1. The molecule has 0 saturated heterocycles. The van der Waals surface area contributed by atoms with Crippen LogP contribution in [-0.2, 0) is 39.8 Å². The molecule has 0 bridgehead atoms. The Balaban J connectivity index is 0.00000620. The van der Waals surface area contributed by atoms with E-state index in [2.05, 4.69) is 46.4 Å². The zero-order valence-corrected chi connectivity index (χ0v) is 43.6. The van der Waals surface area contributed by atoms with Gasteiger partial charge in [-0.15, -0.1) is 10.2 Å². The molecule has 27 heteroatoms. The van der Waals surface area contributed by atoms with Gasteiger partial charge in [0.25, 0.3) is 5.91 Å². The van der Waals surface area contributed by atoms with Crippen LogP contribution in [0, 0.1) is 11.3 Å². The molecule has 2 heterocycles. The van der Waals surface area contributed by atoms with Gasteiger partial charge in [-0.2, -0.15) is 14.7 Å². The number of rotatable bonds is 17. The van der Waals surface area contributed by atoms with E-state index in [1.807, 2.05) is 11.8 Å².